The van der Waals surface area contributed by atoms with Crippen molar-refractivity contribution in [3.8, 4) is 45.0 Å². The van der Waals surface area contributed by atoms with Crippen LogP contribution in [0.25, 0.3) is 56.1 Å². The summed E-state index contributed by atoms with van der Waals surface area (Å²) in [5.41, 5.74) is 10.9. The van der Waals surface area contributed by atoms with Gasteiger partial charge in [0.25, 0.3) is 11.8 Å². The van der Waals surface area contributed by atoms with Gasteiger partial charge in [0.2, 0.25) is 0 Å². The standard InChI is InChI=1S/C27H20F2N4O.C27H21FN4O.CH4/c1-16-5-8-20(9-6-16)32-27(34)22-12-18(14-30-17(22)2)21-4-3-11-33-25(21)15-31-26(33)23-13-19(28)7-10-24(23)29;1-17-9-11-20(12-10-17)31-27(33)23-14-19(15-29-18(23)2)21-7-5-13-32-25(21)16-30-26(32)22-6-3-4-8-24(22)28;/h3-15H,1-2H3,(H,32,34);3-16H,1-2H3,(H,31,33);1H4. The van der Waals surface area contributed by atoms with Gasteiger partial charge in [0.15, 0.2) is 0 Å². The number of amides is 2. The van der Waals surface area contributed by atoms with Crippen LogP contribution >= 0.6 is 0 Å². The highest BCUT2D eigenvalue weighted by molar-refractivity contribution is 6.06. The Morgan fingerprint density at radius 3 is 1.40 bits per heavy atom. The molecular formula is C55H45F3N8O2. The lowest BCUT2D eigenvalue weighted by atomic mass is 10.0. The number of aryl methyl sites for hydroxylation is 4. The number of nitrogens with zero attached hydrogens (tertiary/aromatic N) is 6. The Bertz CT molecular complexity index is 3490. The molecule has 4 aromatic carbocycles. The van der Waals surface area contributed by atoms with Gasteiger partial charge in [-0.2, -0.15) is 0 Å². The van der Waals surface area contributed by atoms with Crippen molar-refractivity contribution >= 4 is 34.2 Å². The summed E-state index contributed by atoms with van der Waals surface area (Å²) in [5, 5.41) is 5.84. The number of halogens is 3. The number of imidazole rings is 2. The van der Waals surface area contributed by atoms with Crippen LogP contribution in [0.4, 0.5) is 24.5 Å². The first-order valence-electron chi connectivity index (χ1n) is 21.2. The van der Waals surface area contributed by atoms with Gasteiger partial charge in [-0.3, -0.25) is 28.4 Å². The summed E-state index contributed by atoms with van der Waals surface area (Å²) < 4.78 is 46.1. The number of pyridine rings is 4. The highest BCUT2D eigenvalue weighted by Crippen LogP contribution is 2.32. The summed E-state index contributed by atoms with van der Waals surface area (Å²) >= 11 is 0. The lowest BCUT2D eigenvalue weighted by Crippen LogP contribution is -2.14. The normalized spacial score (nSPS) is 10.9. The fourth-order valence-electron chi connectivity index (χ4n) is 7.73. The zero-order chi connectivity index (χ0) is 46.8. The van der Waals surface area contributed by atoms with Gasteiger partial charge < -0.3 is 10.6 Å². The minimum atomic E-state index is -0.564. The molecule has 6 heterocycles. The quantitative estimate of drug-likeness (QED) is 0.157. The second kappa shape index (κ2) is 19.4. The molecule has 0 spiro atoms. The molecule has 0 unspecified atom stereocenters. The van der Waals surface area contributed by atoms with Gasteiger partial charge in [-0.25, -0.2) is 23.1 Å². The largest absolute Gasteiger partial charge is 0.322 e. The number of anilines is 2. The number of aromatic nitrogens is 6. The number of hydrogen-bond acceptors (Lipinski definition) is 6. The number of nitrogens with one attached hydrogen (secondary N) is 2. The summed E-state index contributed by atoms with van der Waals surface area (Å²) in [7, 11) is 0. The molecule has 0 aliphatic heterocycles. The maximum atomic E-state index is 14.4. The monoisotopic (exact) mass is 906 g/mol. The Kier molecular flexibility index (Phi) is 13.1. The van der Waals surface area contributed by atoms with Crippen LogP contribution in [0.15, 0.2) is 165 Å². The number of carbonyl (C=O) groups excluding carboxylic acids is 2. The third-order valence-electron chi connectivity index (χ3n) is 11.3. The third-order valence-corrected chi connectivity index (χ3v) is 11.3. The Morgan fingerprint density at radius 1 is 0.471 bits per heavy atom. The van der Waals surface area contributed by atoms with E-state index in [0.29, 0.717) is 50.7 Å². The van der Waals surface area contributed by atoms with Crippen LogP contribution in [0.3, 0.4) is 0 Å². The highest BCUT2D eigenvalue weighted by Gasteiger charge is 2.19. The van der Waals surface area contributed by atoms with Crippen LogP contribution in [0.5, 0.6) is 0 Å². The molecule has 13 heteroatoms. The Hall–Kier alpha value is -8.71. The maximum absolute atomic E-state index is 14.4. The smallest absolute Gasteiger partial charge is 0.257 e. The van der Waals surface area contributed by atoms with E-state index in [2.05, 4.69) is 30.6 Å². The molecule has 0 aliphatic rings. The fraction of sp³-hybridized carbons (Fsp3) is 0.0909. The molecule has 68 heavy (non-hydrogen) atoms. The Labute approximate surface area is 390 Å². The van der Waals surface area contributed by atoms with Crippen molar-refractivity contribution in [1.29, 1.82) is 0 Å². The van der Waals surface area contributed by atoms with Crippen LogP contribution in [0.1, 0.15) is 50.7 Å². The first-order valence-corrected chi connectivity index (χ1v) is 21.2. The predicted molar refractivity (Wildman–Crippen MR) is 262 cm³/mol. The lowest BCUT2D eigenvalue weighted by molar-refractivity contribution is 0.101. The van der Waals surface area contributed by atoms with E-state index in [9.17, 15) is 22.8 Å². The topological polar surface area (TPSA) is 119 Å². The summed E-state index contributed by atoms with van der Waals surface area (Å²) in [6.07, 6.45) is 10.3. The summed E-state index contributed by atoms with van der Waals surface area (Å²) in [6.45, 7) is 7.56. The summed E-state index contributed by atoms with van der Waals surface area (Å²) in [6, 6.07) is 36.1. The van der Waals surface area contributed by atoms with Crippen LogP contribution in [-0.2, 0) is 0 Å². The van der Waals surface area contributed by atoms with Gasteiger partial charge in [0.1, 0.15) is 29.1 Å². The van der Waals surface area contributed by atoms with E-state index < -0.39 is 11.6 Å². The maximum Gasteiger partial charge on any atom is 0.257 e. The molecule has 0 bridgehead atoms. The van der Waals surface area contributed by atoms with E-state index in [1.807, 2.05) is 104 Å². The molecule has 338 valence electrons. The molecule has 0 saturated heterocycles. The van der Waals surface area contributed by atoms with Gasteiger partial charge in [-0.15, -0.1) is 0 Å². The van der Waals surface area contributed by atoms with Crippen LogP contribution in [-0.4, -0.2) is 40.6 Å². The second-order valence-electron chi connectivity index (χ2n) is 16.0. The molecule has 0 atom stereocenters. The predicted octanol–water partition coefficient (Wildman–Crippen LogP) is 12.9. The Morgan fingerprint density at radius 2 is 0.912 bits per heavy atom. The number of rotatable bonds is 8. The lowest BCUT2D eigenvalue weighted by Gasteiger charge is -2.11. The number of carbonyl (C=O) groups is 2. The van der Waals surface area contributed by atoms with E-state index in [-0.39, 0.29) is 36.4 Å². The van der Waals surface area contributed by atoms with Crippen LogP contribution in [0.2, 0.25) is 0 Å². The van der Waals surface area contributed by atoms with E-state index in [0.717, 1.165) is 57.2 Å². The van der Waals surface area contributed by atoms with Crippen LogP contribution in [0, 0.1) is 45.1 Å². The van der Waals surface area contributed by atoms with Gasteiger partial charge in [0, 0.05) is 58.4 Å². The number of benzene rings is 4. The van der Waals surface area contributed by atoms with E-state index in [1.165, 1.54) is 6.07 Å². The molecular weight excluding hydrogens is 862 g/mol. The van der Waals surface area contributed by atoms with Crippen molar-refractivity contribution < 1.29 is 22.8 Å². The first-order chi connectivity index (χ1) is 32.4. The molecule has 10 nitrogen and oxygen atoms in total. The van der Waals surface area contributed by atoms with Gasteiger partial charge in [-0.05, 0) is 107 Å². The van der Waals surface area contributed by atoms with Crippen molar-refractivity contribution in [2.45, 2.75) is 35.1 Å². The minimum Gasteiger partial charge on any atom is -0.322 e. The zero-order valence-electron chi connectivity index (χ0n) is 36.7. The van der Waals surface area contributed by atoms with Crippen LogP contribution < -0.4 is 10.6 Å². The Balaban J connectivity index is 0.000000181. The van der Waals surface area contributed by atoms with Crippen molar-refractivity contribution in [3.05, 3.63) is 216 Å². The van der Waals surface area contributed by atoms with Crippen molar-refractivity contribution in [2.75, 3.05) is 10.6 Å². The minimum absolute atomic E-state index is 0. The average Bonchev–Trinajstić information content (AvgIpc) is 3.97. The molecule has 2 N–H and O–H groups in total. The molecule has 0 radical (unpaired) electrons. The van der Waals surface area contributed by atoms with Gasteiger partial charge >= 0.3 is 0 Å². The van der Waals surface area contributed by atoms with E-state index in [4.69, 9.17) is 0 Å². The van der Waals surface area contributed by atoms with Crippen molar-refractivity contribution in [1.82, 2.24) is 28.7 Å². The van der Waals surface area contributed by atoms with E-state index in [1.54, 1.807) is 72.6 Å². The molecule has 2 amide bonds. The molecule has 0 saturated carbocycles. The average molecular weight is 907 g/mol. The fourth-order valence-corrected chi connectivity index (χ4v) is 7.73. The van der Waals surface area contributed by atoms with Crippen molar-refractivity contribution in [3.63, 3.8) is 0 Å². The zero-order valence-corrected chi connectivity index (χ0v) is 36.7. The molecule has 0 fully saturated rings. The van der Waals surface area contributed by atoms with E-state index >= 15 is 0 Å². The molecule has 10 aromatic rings. The number of hydrogen-bond donors (Lipinski definition) is 2. The SMILES string of the molecule is C.Cc1ccc(NC(=O)c2cc(-c3cccn4c(-c5cc(F)ccc5F)ncc34)cnc2C)cc1.Cc1ccc(NC(=O)c2cc(-c3cccn4c(-c5ccccc5F)ncc34)cnc2C)cc1. The molecule has 0 aliphatic carbocycles. The third kappa shape index (κ3) is 9.36. The molecule has 10 rings (SSSR count). The summed E-state index contributed by atoms with van der Waals surface area (Å²) in [4.78, 5) is 43.7. The van der Waals surface area contributed by atoms with Gasteiger partial charge in [-0.1, -0.05) is 67.1 Å². The van der Waals surface area contributed by atoms with Crippen molar-refractivity contribution in [2.24, 2.45) is 0 Å². The highest BCUT2D eigenvalue weighted by atomic mass is 19.1. The molecule has 6 aromatic heterocycles. The first kappa shape index (κ1) is 45.8. The van der Waals surface area contributed by atoms with Gasteiger partial charge in [0.05, 0.1) is 57.1 Å². The second-order valence-corrected chi connectivity index (χ2v) is 16.0. The summed E-state index contributed by atoms with van der Waals surface area (Å²) in [5.74, 6) is -1.13. The number of fused-ring (bicyclic) bond motifs is 2.